The van der Waals surface area contributed by atoms with E-state index in [0.717, 1.165) is 0 Å². The predicted octanol–water partition coefficient (Wildman–Crippen LogP) is 1.54. The Bertz CT molecular complexity index is 287. The molecule has 5 nitrogen and oxygen atoms in total. The Balaban J connectivity index is 2.46. The first-order valence-electron chi connectivity index (χ1n) is 5.39. The topological polar surface area (TPSA) is 65.9 Å². The van der Waals surface area contributed by atoms with Gasteiger partial charge in [-0.3, -0.25) is 0 Å². The number of nitriles is 1. The number of hydrogen-bond donors (Lipinski definition) is 0. The first-order chi connectivity index (χ1) is 7.42. The zero-order chi connectivity index (χ0) is 12.2. The van der Waals surface area contributed by atoms with E-state index in [1.807, 2.05) is 26.8 Å². The lowest BCUT2D eigenvalue weighted by molar-refractivity contribution is 0.0241. The van der Waals surface area contributed by atoms with Gasteiger partial charge in [0, 0.05) is 6.54 Å². The van der Waals surface area contributed by atoms with Crippen molar-refractivity contribution in [2.24, 2.45) is 0 Å². The number of amides is 1. The average molecular weight is 226 g/mol. The van der Waals surface area contributed by atoms with Crippen LogP contribution >= 0.6 is 0 Å². The standard InChI is InChI=1S/C11H18N2O3/c1-11(2,3)16-10(14)13(6-4-5-12)7-9-8-15-9/h9H,4,6-8H2,1-3H3. The molecule has 1 atom stereocenters. The van der Waals surface area contributed by atoms with Gasteiger partial charge >= 0.3 is 6.09 Å². The van der Waals surface area contributed by atoms with E-state index < -0.39 is 5.60 Å². The van der Waals surface area contributed by atoms with Gasteiger partial charge in [-0.15, -0.1) is 0 Å². The van der Waals surface area contributed by atoms with E-state index >= 15 is 0 Å². The lowest BCUT2D eigenvalue weighted by atomic mass is 10.2. The summed E-state index contributed by atoms with van der Waals surface area (Å²) in [6, 6.07) is 2.02. The Labute approximate surface area is 95.9 Å². The van der Waals surface area contributed by atoms with Gasteiger partial charge in [0.05, 0.1) is 31.7 Å². The van der Waals surface area contributed by atoms with Crippen LogP contribution in [0.15, 0.2) is 0 Å². The fraction of sp³-hybridized carbons (Fsp3) is 0.818. The number of epoxide rings is 1. The van der Waals surface area contributed by atoms with Crippen molar-refractivity contribution in [2.45, 2.75) is 38.9 Å². The minimum atomic E-state index is -0.508. The molecule has 1 saturated heterocycles. The third-order valence-corrected chi connectivity index (χ3v) is 1.97. The van der Waals surface area contributed by atoms with Gasteiger partial charge < -0.3 is 14.4 Å². The summed E-state index contributed by atoms with van der Waals surface area (Å²) in [6.07, 6.45) is 0.0517. The molecule has 0 aromatic heterocycles. The molecule has 90 valence electrons. The molecule has 0 radical (unpaired) electrons. The highest BCUT2D eigenvalue weighted by atomic mass is 16.6. The number of ether oxygens (including phenoxy) is 2. The van der Waals surface area contributed by atoms with Crippen molar-refractivity contribution in [3.05, 3.63) is 0 Å². The Hall–Kier alpha value is -1.28. The summed E-state index contributed by atoms with van der Waals surface area (Å²) in [6.45, 7) is 7.05. The Morgan fingerprint density at radius 2 is 2.25 bits per heavy atom. The van der Waals surface area contributed by atoms with Gasteiger partial charge in [-0.1, -0.05) is 0 Å². The van der Waals surface area contributed by atoms with Crippen molar-refractivity contribution in [1.82, 2.24) is 4.90 Å². The number of carbonyl (C=O) groups excluding carboxylic acids is 1. The van der Waals surface area contributed by atoms with Crippen LogP contribution in [0.1, 0.15) is 27.2 Å². The van der Waals surface area contributed by atoms with Crippen molar-refractivity contribution in [2.75, 3.05) is 19.7 Å². The molecular weight excluding hydrogens is 208 g/mol. The van der Waals surface area contributed by atoms with Crippen LogP contribution in [0.4, 0.5) is 4.79 Å². The van der Waals surface area contributed by atoms with Crippen molar-refractivity contribution in [3.8, 4) is 6.07 Å². The van der Waals surface area contributed by atoms with Crippen molar-refractivity contribution < 1.29 is 14.3 Å². The molecule has 0 saturated carbocycles. The Morgan fingerprint density at radius 1 is 1.62 bits per heavy atom. The summed E-state index contributed by atoms with van der Waals surface area (Å²) in [5, 5.41) is 8.52. The minimum absolute atomic E-state index is 0.117. The molecule has 1 rings (SSSR count). The summed E-state index contributed by atoms with van der Waals surface area (Å²) in [5.74, 6) is 0. The lowest BCUT2D eigenvalue weighted by Gasteiger charge is -2.26. The first kappa shape index (κ1) is 12.8. The molecule has 0 aliphatic carbocycles. The van der Waals surface area contributed by atoms with Crippen molar-refractivity contribution in [1.29, 1.82) is 5.26 Å². The molecule has 0 bridgehead atoms. The SMILES string of the molecule is CC(C)(C)OC(=O)N(CCC#N)CC1CO1. The van der Waals surface area contributed by atoms with Gasteiger partial charge in [-0.25, -0.2) is 4.79 Å². The number of rotatable bonds is 4. The Kier molecular flexibility index (Phi) is 4.13. The monoisotopic (exact) mass is 226 g/mol. The zero-order valence-corrected chi connectivity index (χ0v) is 10.0. The summed E-state index contributed by atoms with van der Waals surface area (Å²) < 4.78 is 10.3. The normalized spacial score (nSPS) is 18.8. The maximum Gasteiger partial charge on any atom is 0.410 e. The average Bonchev–Trinajstić information content (AvgIpc) is 2.92. The second-order valence-electron chi connectivity index (χ2n) is 4.79. The van der Waals surface area contributed by atoms with Crippen molar-refractivity contribution in [3.63, 3.8) is 0 Å². The third-order valence-electron chi connectivity index (χ3n) is 1.97. The van der Waals surface area contributed by atoms with Gasteiger partial charge in [0.15, 0.2) is 0 Å². The van der Waals surface area contributed by atoms with Crippen LogP contribution < -0.4 is 0 Å². The van der Waals surface area contributed by atoms with Gasteiger partial charge in [-0.2, -0.15) is 5.26 Å². The van der Waals surface area contributed by atoms with Gasteiger partial charge in [0.25, 0.3) is 0 Å². The van der Waals surface area contributed by atoms with E-state index in [0.29, 0.717) is 26.1 Å². The highest BCUT2D eigenvalue weighted by Crippen LogP contribution is 2.15. The molecule has 0 aromatic rings. The molecular formula is C11H18N2O3. The maximum absolute atomic E-state index is 11.8. The van der Waals surface area contributed by atoms with Crippen LogP contribution in [0.2, 0.25) is 0 Å². The fourth-order valence-corrected chi connectivity index (χ4v) is 1.19. The van der Waals surface area contributed by atoms with Crippen molar-refractivity contribution >= 4 is 6.09 Å². The molecule has 1 amide bonds. The number of hydrogen-bond acceptors (Lipinski definition) is 4. The number of nitrogens with zero attached hydrogens (tertiary/aromatic N) is 2. The molecule has 0 N–H and O–H groups in total. The maximum atomic E-state index is 11.8. The third kappa shape index (κ3) is 4.99. The van der Waals surface area contributed by atoms with E-state index in [1.165, 1.54) is 4.90 Å². The molecule has 5 heteroatoms. The molecule has 1 aliphatic heterocycles. The highest BCUT2D eigenvalue weighted by molar-refractivity contribution is 5.68. The molecule has 0 spiro atoms. The zero-order valence-electron chi connectivity index (χ0n) is 10.0. The molecule has 1 heterocycles. The summed E-state index contributed by atoms with van der Waals surface area (Å²) >= 11 is 0. The second kappa shape index (κ2) is 5.17. The fourth-order valence-electron chi connectivity index (χ4n) is 1.19. The van der Waals surface area contributed by atoms with Gasteiger partial charge in [0.2, 0.25) is 0 Å². The molecule has 16 heavy (non-hydrogen) atoms. The van der Waals surface area contributed by atoms with Crippen LogP contribution in [-0.2, 0) is 9.47 Å². The van der Waals surface area contributed by atoms with Crippen LogP contribution in [0.25, 0.3) is 0 Å². The van der Waals surface area contributed by atoms with E-state index in [4.69, 9.17) is 14.7 Å². The number of carbonyl (C=O) groups is 1. The van der Waals surface area contributed by atoms with Crippen LogP contribution in [0.5, 0.6) is 0 Å². The van der Waals surface area contributed by atoms with Crippen LogP contribution in [0, 0.1) is 11.3 Å². The summed E-state index contributed by atoms with van der Waals surface area (Å²) in [7, 11) is 0. The van der Waals surface area contributed by atoms with Crippen LogP contribution in [-0.4, -0.2) is 42.4 Å². The predicted molar refractivity (Wildman–Crippen MR) is 57.8 cm³/mol. The molecule has 0 aromatic carbocycles. The quantitative estimate of drug-likeness (QED) is 0.682. The summed E-state index contributed by atoms with van der Waals surface area (Å²) in [5.41, 5.74) is -0.508. The second-order valence-corrected chi connectivity index (χ2v) is 4.79. The molecule has 1 fully saturated rings. The van der Waals surface area contributed by atoms with E-state index in [1.54, 1.807) is 0 Å². The van der Waals surface area contributed by atoms with E-state index in [-0.39, 0.29) is 12.2 Å². The summed E-state index contributed by atoms with van der Waals surface area (Å²) in [4.78, 5) is 13.3. The van der Waals surface area contributed by atoms with Gasteiger partial charge in [0.1, 0.15) is 5.60 Å². The van der Waals surface area contributed by atoms with Crippen LogP contribution in [0.3, 0.4) is 0 Å². The lowest BCUT2D eigenvalue weighted by Crippen LogP contribution is -2.39. The smallest absolute Gasteiger partial charge is 0.410 e. The molecule has 1 aliphatic rings. The van der Waals surface area contributed by atoms with E-state index in [2.05, 4.69) is 0 Å². The van der Waals surface area contributed by atoms with Gasteiger partial charge in [-0.05, 0) is 20.8 Å². The molecule has 1 unspecified atom stereocenters. The minimum Gasteiger partial charge on any atom is -0.444 e. The van der Waals surface area contributed by atoms with E-state index in [9.17, 15) is 4.79 Å². The Morgan fingerprint density at radius 3 is 2.69 bits per heavy atom. The largest absolute Gasteiger partial charge is 0.444 e. The highest BCUT2D eigenvalue weighted by Gasteiger charge is 2.30. The first-order valence-corrected chi connectivity index (χ1v) is 5.39.